The van der Waals surface area contributed by atoms with E-state index in [1.165, 1.54) is 36.3 Å². The van der Waals surface area contributed by atoms with Crippen molar-refractivity contribution >= 4 is 23.3 Å². The van der Waals surface area contributed by atoms with Crippen molar-refractivity contribution in [3.8, 4) is 5.75 Å². The number of halogens is 5. The van der Waals surface area contributed by atoms with Crippen LogP contribution >= 0.6 is 11.6 Å². The number of carbonyl (C=O) groups is 1. The molecule has 0 radical (unpaired) electrons. The van der Waals surface area contributed by atoms with Gasteiger partial charge in [-0.2, -0.15) is 13.2 Å². The standard InChI is InChI=1S/C20H16ClF4NO3/c1-10-13-7-6-12(20(23,24)25)8-15(13)26(18(21)16(10)19(27)28)9-11-4-3-5-14(22)17(11)29-2/h3-8,10H,9H2,1-2H3,(H,27,28). The summed E-state index contributed by atoms with van der Waals surface area (Å²) in [5.41, 5.74) is -0.283. The van der Waals surface area contributed by atoms with E-state index < -0.39 is 29.4 Å². The summed E-state index contributed by atoms with van der Waals surface area (Å²) < 4.78 is 58.9. The van der Waals surface area contributed by atoms with E-state index in [0.29, 0.717) is 11.1 Å². The number of carboxylic acid groups (broad SMARTS) is 1. The van der Waals surface area contributed by atoms with Crippen molar-refractivity contribution in [3.63, 3.8) is 0 Å². The lowest BCUT2D eigenvalue weighted by atomic mass is 9.87. The van der Waals surface area contributed by atoms with Crippen molar-refractivity contribution in [1.29, 1.82) is 0 Å². The lowest BCUT2D eigenvalue weighted by Gasteiger charge is -2.35. The number of anilines is 1. The molecule has 29 heavy (non-hydrogen) atoms. The van der Waals surface area contributed by atoms with Gasteiger partial charge in [0, 0.05) is 17.2 Å². The molecular weight excluding hydrogens is 414 g/mol. The van der Waals surface area contributed by atoms with Gasteiger partial charge in [-0.05, 0) is 23.8 Å². The molecule has 0 aliphatic carbocycles. The maximum atomic E-state index is 14.1. The summed E-state index contributed by atoms with van der Waals surface area (Å²) in [6.07, 6.45) is -4.59. The molecule has 0 amide bonds. The van der Waals surface area contributed by atoms with Crippen LogP contribution in [0.5, 0.6) is 5.75 Å². The minimum atomic E-state index is -4.59. The number of nitrogens with zero attached hydrogens (tertiary/aromatic N) is 1. The van der Waals surface area contributed by atoms with Gasteiger partial charge in [-0.3, -0.25) is 0 Å². The number of para-hydroxylation sites is 1. The Labute approximate surface area is 169 Å². The van der Waals surface area contributed by atoms with Crippen molar-refractivity contribution in [1.82, 2.24) is 0 Å². The van der Waals surface area contributed by atoms with Crippen LogP contribution < -0.4 is 9.64 Å². The van der Waals surface area contributed by atoms with Crippen molar-refractivity contribution in [2.24, 2.45) is 0 Å². The third-order valence-corrected chi connectivity index (χ3v) is 5.23. The van der Waals surface area contributed by atoms with E-state index in [-0.39, 0.29) is 28.7 Å². The lowest BCUT2D eigenvalue weighted by Crippen LogP contribution is -2.30. The van der Waals surface area contributed by atoms with Crippen molar-refractivity contribution < 1.29 is 32.2 Å². The highest BCUT2D eigenvalue weighted by molar-refractivity contribution is 6.33. The summed E-state index contributed by atoms with van der Waals surface area (Å²) in [5, 5.41) is 9.35. The van der Waals surface area contributed by atoms with Crippen LogP contribution in [0.4, 0.5) is 23.2 Å². The summed E-state index contributed by atoms with van der Waals surface area (Å²) in [6.45, 7) is 1.37. The molecule has 0 spiro atoms. The Morgan fingerprint density at radius 3 is 2.55 bits per heavy atom. The van der Waals surface area contributed by atoms with Crippen LogP contribution in [0, 0.1) is 5.82 Å². The highest BCUT2D eigenvalue weighted by atomic mass is 35.5. The van der Waals surface area contributed by atoms with Crippen molar-refractivity contribution in [3.05, 3.63) is 69.6 Å². The van der Waals surface area contributed by atoms with E-state index in [0.717, 1.165) is 12.1 Å². The van der Waals surface area contributed by atoms with Crippen LogP contribution in [0.2, 0.25) is 0 Å². The fourth-order valence-corrected chi connectivity index (χ4v) is 3.81. The first-order valence-electron chi connectivity index (χ1n) is 8.49. The smallest absolute Gasteiger partial charge is 0.416 e. The monoisotopic (exact) mass is 429 g/mol. The number of fused-ring (bicyclic) bond motifs is 1. The summed E-state index contributed by atoms with van der Waals surface area (Å²) in [6, 6.07) is 7.18. The first kappa shape index (κ1) is 21.0. The molecule has 154 valence electrons. The van der Waals surface area contributed by atoms with Crippen LogP contribution in [0.1, 0.15) is 29.5 Å². The maximum absolute atomic E-state index is 14.1. The fraction of sp³-hybridized carbons (Fsp3) is 0.250. The molecule has 0 aromatic heterocycles. The number of carboxylic acids is 1. The molecule has 2 aromatic rings. The van der Waals surface area contributed by atoms with E-state index in [1.54, 1.807) is 6.92 Å². The molecule has 2 aromatic carbocycles. The van der Waals surface area contributed by atoms with E-state index in [9.17, 15) is 27.5 Å². The van der Waals surface area contributed by atoms with Gasteiger partial charge in [0.05, 0.1) is 24.8 Å². The summed E-state index contributed by atoms with van der Waals surface area (Å²) in [4.78, 5) is 13.0. The zero-order valence-electron chi connectivity index (χ0n) is 15.3. The average molecular weight is 430 g/mol. The van der Waals surface area contributed by atoms with Gasteiger partial charge in [0.1, 0.15) is 5.16 Å². The Balaban J connectivity index is 2.20. The molecule has 1 heterocycles. The minimum absolute atomic E-state index is 0.0963. The van der Waals surface area contributed by atoms with E-state index in [4.69, 9.17) is 16.3 Å². The SMILES string of the molecule is COc1c(F)cccc1CN1C(Cl)=C(C(=O)O)C(C)c2ccc(C(F)(F)F)cc21. The minimum Gasteiger partial charge on any atom is -0.493 e. The third-order valence-electron chi connectivity index (χ3n) is 4.82. The average Bonchev–Trinajstić information content (AvgIpc) is 2.64. The highest BCUT2D eigenvalue weighted by Gasteiger charge is 2.37. The number of hydrogen-bond acceptors (Lipinski definition) is 3. The van der Waals surface area contributed by atoms with Gasteiger partial charge in [-0.1, -0.05) is 36.7 Å². The number of aliphatic carboxylic acids is 1. The molecule has 0 saturated carbocycles. The second kappa shape index (κ2) is 7.59. The van der Waals surface area contributed by atoms with Gasteiger partial charge in [-0.25, -0.2) is 9.18 Å². The van der Waals surface area contributed by atoms with E-state index >= 15 is 0 Å². The number of rotatable bonds is 4. The number of benzene rings is 2. The quantitative estimate of drug-likeness (QED) is 0.514. The predicted octanol–water partition coefficient (Wildman–Crippen LogP) is 5.51. The number of hydrogen-bond donors (Lipinski definition) is 1. The largest absolute Gasteiger partial charge is 0.493 e. The summed E-state index contributed by atoms with van der Waals surface area (Å²) in [5.74, 6) is -2.77. The Morgan fingerprint density at radius 1 is 1.28 bits per heavy atom. The van der Waals surface area contributed by atoms with E-state index in [2.05, 4.69) is 0 Å². The fourth-order valence-electron chi connectivity index (χ4n) is 3.41. The normalized spacial score (nSPS) is 16.7. The van der Waals surface area contributed by atoms with Crippen LogP contribution in [0.3, 0.4) is 0 Å². The molecule has 9 heteroatoms. The van der Waals surface area contributed by atoms with Gasteiger partial charge in [0.25, 0.3) is 0 Å². The molecule has 1 aliphatic heterocycles. The molecule has 0 saturated heterocycles. The number of methoxy groups -OCH3 is 1. The van der Waals surface area contributed by atoms with Crippen LogP contribution in [-0.4, -0.2) is 18.2 Å². The molecule has 1 atom stereocenters. The second-order valence-electron chi connectivity index (χ2n) is 6.52. The molecule has 1 aliphatic rings. The van der Waals surface area contributed by atoms with Crippen molar-refractivity contribution in [2.45, 2.75) is 25.6 Å². The Hall–Kier alpha value is -2.74. The first-order chi connectivity index (χ1) is 13.6. The zero-order valence-corrected chi connectivity index (χ0v) is 16.1. The lowest BCUT2D eigenvalue weighted by molar-refractivity contribution is -0.137. The highest BCUT2D eigenvalue weighted by Crippen LogP contribution is 2.46. The Morgan fingerprint density at radius 2 is 1.97 bits per heavy atom. The van der Waals surface area contributed by atoms with Crippen molar-refractivity contribution in [2.75, 3.05) is 12.0 Å². The Kier molecular flexibility index (Phi) is 5.49. The predicted molar refractivity (Wildman–Crippen MR) is 99.5 cm³/mol. The molecule has 1 N–H and O–H groups in total. The molecular formula is C20H16ClF4NO3. The maximum Gasteiger partial charge on any atom is 0.416 e. The second-order valence-corrected chi connectivity index (χ2v) is 6.88. The summed E-state index contributed by atoms with van der Waals surface area (Å²) in [7, 11) is 1.26. The van der Waals surface area contributed by atoms with Gasteiger partial charge < -0.3 is 14.7 Å². The number of alkyl halides is 3. The van der Waals surface area contributed by atoms with Gasteiger partial charge in [0.15, 0.2) is 11.6 Å². The topological polar surface area (TPSA) is 49.8 Å². The molecule has 0 fully saturated rings. The third kappa shape index (κ3) is 3.76. The molecule has 3 rings (SSSR count). The molecule has 0 bridgehead atoms. The van der Waals surface area contributed by atoms with Crippen LogP contribution in [0.15, 0.2) is 47.1 Å². The number of ether oxygens (including phenoxy) is 1. The van der Waals surface area contributed by atoms with Gasteiger partial charge in [0.2, 0.25) is 0 Å². The molecule has 4 nitrogen and oxygen atoms in total. The van der Waals surface area contributed by atoms with Crippen LogP contribution in [0.25, 0.3) is 0 Å². The molecule has 1 unspecified atom stereocenters. The van der Waals surface area contributed by atoms with Gasteiger partial charge in [-0.15, -0.1) is 0 Å². The van der Waals surface area contributed by atoms with Gasteiger partial charge >= 0.3 is 12.1 Å². The Bertz CT molecular complexity index is 1000. The van der Waals surface area contributed by atoms with E-state index in [1.807, 2.05) is 0 Å². The first-order valence-corrected chi connectivity index (χ1v) is 8.87. The van der Waals surface area contributed by atoms with Crippen LogP contribution in [-0.2, 0) is 17.5 Å². The zero-order chi connectivity index (χ0) is 21.5. The summed E-state index contributed by atoms with van der Waals surface area (Å²) >= 11 is 6.33.